The zero-order valence-electron chi connectivity index (χ0n) is 11.2. The van der Waals surface area contributed by atoms with Crippen molar-refractivity contribution in [2.45, 2.75) is 45.1 Å². The molecule has 0 heterocycles. The molecule has 2 unspecified atom stereocenters. The lowest BCUT2D eigenvalue weighted by atomic mass is 10.0. The fourth-order valence-electron chi connectivity index (χ4n) is 1.52. The lowest BCUT2D eigenvalue weighted by Gasteiger charge is -2.21. The lowest BCUT2D eigenvalue weighted by Crippen LogP contribution is -2.35. The van der Waals surface area contributed by atoms with E-state index in [0.717, 1.165) is 17.7 Å². The first-order valence-corrected chi connectivity index (χ1v) is 6.77. The summed E-state index contributed by atoms with van der Waals surface area (Å²) in [5.41, 5.74) is 1.96. The van der Waals surface area contributed by atoms with E-state index in [-0.39, 0.29) is 11.3 Å². The monoisotopic (exact) mass is 269 g/mol. The van der Waals surface area contributed by atoms with E-state index in [1.165, 1.54) is 0 Å². The summed E-state index contributed by atoms with van der Waals surface area (Å²) >= 11 is 3.97. The van der Waals surface area contributed by atoms with Crippen LogP contribution >= 0.6 is 12.6 Å². The van der Waals surface area contributed by atoms with Gasteiger partial charge >= 0.3 is 0 Å². The zero-order chi connectivity index (χ0) is 13.8. The highest BCUT2D eigenvalue weighted by molar-refractivity contribution is 7.80. The van der Waals surface area contributed by atoms with E-state index in [4.69, 9.17) is 0 Å². The summed E-state index contributed by atoms with van der Waals surface area (Å²) in [6, 6.07) is 7.61. The zero-order valence-corrected chi connectivity index (χ0v) is 12.1. The molecule has 0 fully saturated rings. The molecule has 0 aromatic heterocycles. The molecule has 0 amide bonds. The molecular formula is C14H23NO2S. The quantitative estimate of drug-likeness (QED) is 0.618. The van der Waals surface area contributed by atoms with Crippen molar-refractivity contribution in [2.75, 3.05) is 5.75 Å². The van der Waals surface area contributed by atoms with Gasteiger partial charge in [-0.25, -0.2) is 0 Å². The van der Waals surface area contributed by atoms with Gasteiger partial charge in [0.2, 0.25) is 0 Å². The molecule has 0 aliphatic rings. The van der Waals surface area contributed by atoms with Gasteiger partial charge in [0.25, 0.3) is 0 Å². The van der Waals surface area contributed by atoms with Gasteiger partial charge in [-0.05, 0) is 31.9 Å². The Hall–Kier alpha value is -0.550. The molecule has 0 radical (unpaired) electrons. The molecule has 18 heavy (non-hydrogen) atoms. The molecule has 1 rings (SSSR count). The van der Waals surface area contributed by atoms with E-state index in [0.29, 0.717) is 0 Å². The molecule has 4 heteroatoms. The number of aliphatic hydroxyl groups is 2. The average molecular weight is 269 g/mol. The number of hydrogen-bond donors (Lipinski definition) is 4. The predicted molar refractivity (Wildman–Crippen MR) is 77.9 cm³/mol. The number of nitrogens with one attached hydrogen (secondary N) is 1. The van der Waals surface area contributed by atoms with Crippen LogP contribution in [-0.2, 0) is 6.54 Å². The first-order valence-electron chi connectivity index (χ1n) is 6.14. The van der Waals surface area contributed by atoms with Crippen LogP contribution in [0.1, 0.15) is 38.0 Å². The molecule has 102 valence electrons. The second-order valence-electron chi connectivity index (χ2n) is 5.54. The Morgan fingerprint density at radius 3 is 2.17 bits per heavy atom. The van der Waals surface area contributed by atoms with Crippen molar-refractivity contribution in [3.05, 3.63) is 35.4 Å². The Morgan fingerprint density at radius 1 is 1.17 bits per heavy atom. The van der Waals surface area contributed by atoms with Gasteiger partial charge in [-0.1, -0.05) is 24.3 Å². The molecule has 1 aromatic rings. The van der Waals surface area contributed by atoms with Gasteiger partial charge in [0.15, 0.2) is 0 Å². The predicted octanol–water partition coefficient (Wildman–Crippen LogP) is 1.90. The molecule has 3 nitrogen and oxygen atoms in total. The summed E-state index contributed by atoms with van der Waals surface area (Å²) in [5, 5.41) is 22.7. The third-order valence-electron chi connectivity index (χ3n) is 2.70. The second kappa shape index (κ2) is 6.57. The highest BCUT2D eigenvalue weighted by Crippen LogP contribution is 2.18. The Balaban J connectivity index is 2.63. The van der Waals surface area contributed by atoms with E-state index >= 15 is 0 Å². The van der Waals surface area contributed by atoms with Gasteiger partial charge in [0, 0.05) is 17.8 Å². The van der Waals surface area contributed by atoms with Crippen molar-refractivity contribution in [3.63, 3.8) is 0 Å². The Kier molecular flexibility index (Phi) is 5.66. The molecule has 0 spiro atoms. The summed E-state index contributed by atoms with van der Waals surface area (Å²) in [5.74, 6) is 0.245. The van der Waals surface area contributed by atoms with Gasteiger partial charge in [0.1, 0.15) is 6.10 Å². The van der Waals surface area contributed by atoms with Gasteiger partial charge in [-0.3, -0.25) is 0 Å². The van der Waals surface area contributed by atoms with Gasteiger partial charge in [-0.15, -0.1) is 0 Å². The average Bonchev–Trinajstić information content (AvgIpc) is 2.34. The molecule has 0 bridgehead atoms. The molecule has 3 N–H and O–H groups in total. The van der Waals surface area contributed by atoms with Crippen LogP contribution in [0.15, 0.2) is 24.3 Å². The minimum absolute atomic E-state index is 0.0837. The Labute approximate surface area is 115 Å². The third kappa shape index (κ3) is 4.98. The van der Waals surface area contributed by atoms with Crippen LogP contribution in [0.2, 0.25) is 0 Å². The van der Waals surface area contributed by atoms with Crippen LogP contribution in [0, 0.1) is 0 Å². The molecule has 0 saturated heterocycles. The molecule has 1 aromatic carbocycles. The maximum Gasteiger partial charge on any atom is 0.106 e. The van der Waals surface area contributed by atoms with Gasteiger partial charge in [0.05, 0.1) is 6.10 Å². The first kappa shape index (κ1) is 15.5. The number of aliphatic hydroxyl groups excluding tert-OH is 2. The molecule has 0 aliphatic carbocycles. The van der Waals surface area contributed by atoms with E-state index in [1.54, 1.807) is 0 Å². The van der Waals surface area contributed by atoms with Crippen LogP contribution in [0.3, 0.4) is 0 Å². The van der Waals surface area contributed by atoms with Crippen LogP contribution in [-0.4, -0.2) is 27.6 Å². The summed E-state index contributed by atoms with van der Waals surface area (Å²) in [6.45, 7) is 7.14. The topological polar surface area (TPSA) is 52.5 Å². The standard InChI is InChI=1S/C14H23NO2S/c1-14(2,3)15-8-10-4-6-11(7-5-10)13(17)12(16)9-18/h4-7,12-13,15-18H,8-9H2,1-3H3. The first-order chi connectivity index (χ1) is 8.33. The van der Waals surface area contributed by atoms with E-state index in [1.807, 2.05) is 24.3 Å². The van der Waals surface area contributed by atoms with Crippen LogP contribution in [0.25, 0.3) is 0 Å². The van der Waals surface area contributed by atoms with E-state index in [9.17, 15) is 10.2 Å². The second-order valence-corrected chi connectivity index (χ2v) is 5.91. The van der Waals surface area contributed by atoms with E-state index < -0.39 is 12.2 Å². The Bertz CT molecular complexity index is 359. The van der Waals surface area contributed by atoms with Crippen LogP contribution < -0.4 is 5.32 Å². The fraction of sp³-hybridized carbons (Fsp3) is 0.571. The summed E-state index contributed by atoms with van der Waals surface area (Å²) in [4.78, 5) is 0. The summed E-state index contributed by atoms with van der Waals surface area (Å²) < 4.78 is 0. The smallest absolute Gasteiger partial charge is 0.106 e. The maximum atomic E-state index is 9.82. The van der Waals surface area contributed by atoms with Crippen molar-refractivity contribution < 1.29 is 10.2 Å². The fourth-order valence-corrected chi connectivity index (χ4v) is 1.72. The summed E-state index contributed by atoms with van der Waals surface area (Å²) in [6.07, 6.45) is -1.70. The van der Waals surface area contributed by atoms with Crippen molar-refractivity contribution in [3.8, 4) is 0 Å². The molecule has 0 saturated carbocycles. The number of benzene rings is 1. The van der Waals surface area contributed by atoms with Gasteiger partial charge < -0.3 is 15.5 Å². The van der Waals surface area contributed by atoms with Crippen molar-refractivity contribution in [1.29, 1.82) is 0 Å². The highest BCUT2D eigenvalue weighted by Gasteiger charge is 2.16. The molecular weight excluding hydrogens is 246 g/mol. The Morgan fingerprint density at radius 2 is 1.72 bits per heavy atom. The third-order valence-corrected chi connectivity index (χ3v) is 3.07. The lowest BCUT2D eigenvalue weighted by molar-refractivity contribution is 0.0337. The van der Waals surface area contributed by atoms with Crippen LogP contribution in [0.4, 0.5) is 0 Å². The van der Waals surface area contributed by atoms with Crippen molar-refractivity contribution in [1.82, 2.24) is 5.32 Å². The normalized spacial score (nSPS) is 15.4. The van der Waals surface area contributed by atoms with Gasteiger partial charge in [-0.2, -0.15) is 12.6 Å². The molecule has 0 aliphatic heterocycles. The highest BCUT2D eigenvalue weighted by atomic mass is 32.1. The maximum absolute atomic E-state index is 9.82. The number of thiol groups is 1. The minimum Gasteiger partial charge on any atom is -0.389 e. The molecule has 2 atom stereocenters. The minimum atomic E-state index is -0.868. The number of rotatable bonds is 5. The van der Waals surface area contributed by atoms with Crippen molar-refractivity contribution >= 4 is 12.6 Å². The summed E-state index contributed by atoms with van der Waals surface area (Å²) in [7, 11) is 0. The van der Waals surface area contributed by atoms with Crippen LogP contribution in [0.5, 0.6) is 0 Å². The largest absolute Gasteiger partial charge is 0.389 e. The SMILES string of the molecule is CC(C)(C)NCc1ccc(C(O)C(O)CS)cc1. The van der Waals surface area contributed by atoms with E-state index in [2.05, 4.69) is 38.7 Å². The number of hydrogen-bond acceptors (Lipinski definition) is 4. The van der Waals surface area contributed by atoms with Crippen molar-refractivity contribution in [2.24, 2.45) is 0 Å².